The van der Waals surface area contributed by atoms with Gasteiger partial charge in [0.1, 0.15) is 18.4 Å². The Hall–Kier alpha value is -2.67. The number of nitrogens with zero attached hydrogens (tertiary/aromatic N) is 4. The number of hydrogen-bond donors (Lipinski definition) is 0. The molecule has 3 saturated heterocycles. The zero-order valence-corrected chi connectivity index (χ0v) is 16.3. The van der Waals surface area contributed by atoms with E-state index in [9.17, 15) is 4.79 Å². The van der Waals surface area contributed by atoms with Crippen molar-refractivity contribution in [1.29, 1.82) is 0 Å². The molecular formula is C22H24N4O3. The Labute approximate surface area is 169 Å². The third-order valence-electron chi connectivity index (χ3n) is 6.85. The van der Waals surface area contributed by atoms with Crippen LogP contribution >= 0.6 is 0 Å². The highest BCUT2D eigenvalue weighted by Gasteiger charge is 2.58. The molecule has 1 aromatic heterocycles. The smallest absolute Gasteiger partial charge is 0.257 e. The standard InChI is InChI=1S/C22H24N4O3/c27-21-22(29-18-7-6-17(26(18)21)15-4-2-1-3-5-15)9-11-25(12-10-22)19-16-8-13-28-20(16)24-14-23-19/h1-5,14,17-18H,6-13H2/t17-,18+/m0/s1. The van der Waals surface area contributed by atoms with Gasteiger partial charge in [0, 0.05) is 32.4 Å². The van der Waals surface area contributed by atoms with Crippen molar-refractivity contribution in [2.75, 3.05) is 24.6 Å². The summed E-state index contributed by atoms with van der Waals surface area (Å²) in [6.45, 7) is 2.18. The summed E-state index contributed by atoms with van der Waals surface area (Å²) in [6.07, 6.45) is 5.60. The molecule has 0 N–H and O–H groups in total. The molecule has 150 valence electrons. The average molecular weight is 392 g/mol. The number of carbonyl (C=O) groups is 1. The lowest BCUT2D eigenvalue weighted by molar-refractivity contribution is -0.140. The number of fused-ring (bicyclic) bond motifs is 2. The minimum absolute atomic E-state index is 0.0871. The molecule has 0 bridgehead atoms. The first-order valence-electron chi connectivity index (χ1n) is 10.5. The minimum Gasteiger partial charge on any atom is -0.477 e. The molecule has 1 amide bonds. The van der Waals surface area contributed by atoms with E-state index in [1.807, 2.05) is 23.1 Å². The fourth-order valence-electron chi connectivity index (χ4n) is 5.38. The molecule has 4 aliphatic heterocycles. The summed E-state index contributed by atoms with van der Waals surface area (Å²) < 4.78 is 12.0. The SMILES string of the molecule is O=C1N2[C@@H](CC[C@H]2c2ccccc2)OC12CCN(c1ncnc3c1CCO3)CC2. The molecule has 7 heteroatoms. The molecule has 5 heterocycles. The van der Waals surface area contributed by atoms with Gasteiger partial charge in [-0.2, -0.15) is 0 Å². The van der Waals surface area contributed by atoms with Gasteiger partial charge in [-0.05, 0) is 18.4 Å². The zero-order chi connectivity index (χ0) is 19.4. The first-order valence-corrected chi connectivity index (χ1v) is 10.5. The summed E-state index contributed by atoms with van der Waals surface area (Å²) in [5, 5.41) is 0. The van der Waals surface area contributed by atoms with Gasteiger partial charge in [-0.25, -0.2) is 9.97 Å². The molecule has 1 spiro atoms. The molecule has 4 aliphatic rings. The van der Waals surface area contributed by atoms with E-state index < -0.39 is 5.60 Å². The predicted molar refractivity (Wildman–Crippen MR) is 106 cm³/mol. The van der Waals surface area contributed by atoms with E-state index in [0.717, 1.165) is 43.7 Å². The van der Waals surface area contributed by atoms with Gasteiger partial charge in [-0.1, -0.05) is 30.3 Å². The van der Waals surface area contributed by atoms with Crippen LogP contribution in [0, 0.1) is 0 Å². The fraction of sp³-hybridized carbons (Fsp3) is 0.500. The van der Waals surface area contributed by atoms with E-state index in [2.05, 4.69) is 27.0 Å². The van der Waals surface area contributed by atoms with Crippen LogP contribution in [0.3, 0.4) is 0 Å². The van der Waals surface area contributed by atoms with Crippen LogP contribution in [-0.2, 0) is 16.0 Å². The van der Waals surface area contributed by atoms with E-state index in [-0.39, 0.29) is 18.2 Å². The quantitative estimate of drug-likeness (QED) is 0.782. The Morgan fingerprint density at radius 2 is 1.90 bits per heavy atom. The molecule has 3 fully saturated rings. The summed E-state index contributed by atoms with van der Waals surface area (Å²) in [7, 11) is 0. The van der Waals surface area contributed by atoms with Crippen molar-refractivity contribution < 1.29 is 14.3 Å². The monoisotopic (exact) mass is 392 g/mol. The number of benzene rings is 1. The second-order valence-electron chi connectivity index (χ2n) is 8.35. The van der Waals surface area contributed by atoms with Gasteiger partial charge in [0.05, 0.1) is 18.2 Å². The molecule has 0 saturated carbocycles. The molecular weight excluding hydrogens is 368 g/mol. The van der Waals surface area contributed by atoms with Crippen LogP contribution in [0.4, 0.5) is 5.82 Å². The van der Waals surface area contributed by atoms with Crippen LogP contribution in [0.2, 0.25) is 0 Å². The summed E-state index contributed by atoms with van der Waals surface area (Å²) in [6, 6.07) is 10.5. The Bertz CT molecular complexity index is 942. The van der Waals surface area contributed by atoms with Crippen LogP contribution in [0.15, 0.2) is 36.7 Å². The number of hydrogen-bond acceptors (Lipinski definition) is 6. The molecule has 29 heavy (non-hydrogen) atoms. The Kier molecular flexibility index (Phi) is 3.81. The third kappa shape index (κ3) is 2.56. The predicted octanol–water partition coefficient (Wildman–Crippen LogP) is 2.47. The maximum absolute atomic E-state index is 13.5. The van der Waals surface area contributed by atoms with E-state index in [1.54, 1.807) is 6.33 Å². The number of aromatic nitrogens is 2. The molecule has 7 nitrogen and oxygen atoms in total. The van der Waals surface area contributed by atoms with Gasteiger partial charge in [0.25, 0.3) is 5.91 Å². The van der Waals surface area contributed by atoms with Crippen molar-refractivity contribution in [2.45, 2.75) is 50.0 Å². The van der Waals surface area contributed by atoms with Gasteiger partial charge in [0.2, 0.25) is 5.88 Å². The normalized spacial score (nSPS) is 27.2. The Balaban J connectivity index is 1.21. The number of amides is 1. The second kappa shape index (κ2) is 6.42. The number of piperidine rings is 1. The van der Waals surface area contributed by atoms with Crippen LogP contribution in [0.5, 0.6) is 5.88 Å². The number of carbonyl (C=O) groups excluding carboxylic acids is 1. The minimum atomic E-state index is -0.679. The topological polar surface area (TPSA) is 67.8 Å². The van der Waals surface area contributed by atoms with E-state index >= 15 is 0 Å². The Morgan fingerprint density at radius 1 is 1.07 bits per heavy atom. The van der Waals surface area contributed by atoms with Gasteiger partial charge in [-0.3, -0.25) is 4.79 Å². The van der Waals surface area contributed by atoms with Crippen molar-refractivity contribution in [3.05, 3.63) is 47.8 Å². The first-order chi connectivity index (χ1) is 14.3. The van der Waals surface area contributed by atoms with Gasteiger partial charge in [-0.15, -0.1) is 0 Å². The zero-order valence-electron chi connectivity index (χ0n) is 16.3. The molecule has 2 atom stereocenters. The summed E-state index contributed by atoms with van der Waals surface area (Å²) >= 11 is 0. The summed E-state index contributed by atoms with van der Waals surface area (Å²) in [5.74, 6) is 1.83. The number of anilines is 1. The van der Waals surface area contributed by atoms with Gasteiger partial charge >= 0.3 is 0 Å². The molecule has 1 aromatic carbocycles. The first kappa shape index (κ1) is 17.2. The van der Waals surface area contributed by atoms with Crippen molar-refractivity contribution >= 4 is 11.7 Å². The maximum Gasteiger partial charge on any atom is 0.257 e. The highest BCUT2D eigenvalue weighted by Crippen LogP contribution is 2.48. The highest BCUT2D eigenvalue weighted by atomic mass is 16.6. The van der Waals surface area contributed by atoms with Gasteiger partial charge < -0.3 is 19.3 Å². The third-order valence-corrected chi connectivity index (χ3v) is 6.85. The van der Waals surface area contributed by atoms with Crippen molar-refractivity contribution in [1.82, 2.24) is 14.9 Å². The van der Waals surface area contributed by atoms with Crippen LogP contribution in [0.1, 0.15) is 42.9 Å². The van der Waals surface area contributed by atoms with Crippen LogP contribution in [-0.4, -0.2) is 52.3 Å². The van der Waals surface area contributed by atoms with Crippen LogP contribution < -0.4 is 9.64 Å². The summed E-state index contributed by atoms with van der Waals surface area (Å²) in [4.78, 5) is 26.5. The van der Waals surface area contributed by atoms with Crippen molar-refractivity contribution in [3.8, 4) is 5.88 Å². The lowest BCUT2D eigenvalue weighted by Gasteiger charge is -2.38. The number of rotatable bonds is 2. The lowest BCUT2D eigenvalue weighted by atomic mass is 9.89. The molecule has 0 aliphatic carbocycles. The van der Waals surface area contributed by atoms with Gasteiger partial charge in [0.15, 0.2) is 5.60 Å². The second-order valence-corrected chi connectivity index (χ2v) is 8.35. The fourth-order valence-corrected chi connectivity index (χ4v) is 5.38. The maximum atomic E-state index is 13.5. The largest absolute Gasteiger partial charge is 0.477 e. The lowest BCUT2D eigenvalue weighted by Crippen LogP contribution is -2.50. The van der Waals surface area contributed by atoms with Crippen molar-refractivity contribution in [3.63, 3.8) is 0 Å². The van der Waals surface area contributed by atoms with E-state index in [4.69, 9.17) is 9.47 Å². The van der Waals surface area contributed by atoms with E-state index in [0.29, 0.717) is 25.3 Å². The Morgan fingerprint density at radius 3 is 2.72 bits per heavy atom. The average Bonchev–Trinajstić information content (AvgIpc) is 3.46. The van der Waals surface area contributed by atoms with E-state index in [1.165, 1.54) is 5.56 Å². The molecule has 2 aromatic rings. The molecule has 0 unspecified atom stereocenters. The van der Waals surface area contributed by atoms with Crippen LogP contribution in [0.25, 0.3) is 0 Å². The molecule has 0 radical (unpaired) electrons. The van der Waals surface area contributed by atoms with Crippen molar-refractivity contribution in [2.24, 2.45) is 0 Å². The summed E-state index contributed by atoms with van der Waals surface area (Å²) in [5.41, 5.74) is 1.62. The number of ether oxygens (including phenoxy) is 2. The highest BCUT2D eigenvalue weighted by molar-refractivity contribution is 5.88. The molecule has 6 rings (SSSR count).